The minimum Gasteiger partial charge on any atom is -0.338 e. The van der Waals surface area contributed by atoms with E-state index in [2.05, 4.69) is 26.0 Å². The zero-order valence-corrected chi connectivity index (χ0v) is 13.6. The van der Waals surface area contributed by atoms with Crippen LogP contribution in [-0.2, 0) is 11.3 Å². The Balaban J connectivity index is 2.52. The maximum atomic E-state index is 12.5. The van der Waals surface area contributed by atoms with Crippen LogP contribution in [0.5, 0.6) is 0 Å². The summed E-state index contributed by atoms with van der Waals surface area (Å²) < 4.78 is 0. The summed E-state index contributed by atoms with van der Waals surface area (Å²) in [7, 11) is 0. The average Bonchev–Trinajstić information content (AvgIpc) is 2.51. The molecule has 0 aliphatic carbocycles. The Kier molecular flexibility index (Phi) is 8.76. The van der Waals surface area contributed by atoms with E-state index >= 15 is 0 Å². The van der Waals surface area contributed by atoms with Crippen molar-refractivity contribution in [1.82, 2.24) is 4.90 Å². The zero-order valence-electron chi connectivity index (χ0n) is 13.6. The molecule has 0 fully saturated rings. The Morgan fingerprint density at radius 3 is 2.48 bits per heavy atom. The second-order valence-corrected chi connectivity index (χ2v) is 5.69. The summed E-state index contributed by atoms with van der Waals surface area (Å²) in [5, 5.41) is 0. The van der Waals surface area contributed by atoms with E-state index in [-0.39, 0.29) is 5.91 Å². The van der Waals surface area contributed by atoms with E-state index in [1.165, 1.54) is 5.56 Å². The molecule has 0 saturated carbocycles. The lowest BCUT2D eigenvalue weighted by molar-refractivity contribution is -0.132. The third kappa shape index (κ3) is 6.76. The minimum atomic E-state index is 0.274. The van der Waals surface area contributed by atoms with Gasteiger partial charge in [0.25, 0.3) is 0 Å². The largest absolute Gasteiger partial charge is 0.338 e. The number of carbonyl (C=O) groups excluding carboxylic acids is 1. The van der Waals surface area contributed by atoms with Crippen molar-refractivity contribution in [3.63, 3.8) is 0 Å². The minimum absolute atomic E-state index is 0.274. The molecule has 0 heterocycles. The fraction of sp³-hybridized carbons (Fsp3) is 0.611. The lowest BCUT2D eigenvalue weighted by Crippen LogP contribution is -2.31. The maximum Gasteiger partial charge on any atom is 0.222 e. The van der Waals surface area contributed by atoms with Crippen molar-refractivity contribution < 1.29 is 4.79 Å². The molecule has 1 rings (SSSR count). The highest BCUT2D eigenvalue weighted by atomic mass is 16.2. The predicted molar refractivity (Wildman–Crippen MR) is 88.8 cm³/mol. The van der Waals surface area contributed by atoms with Gasteiger partial charge in [0.15, 0.2) is 0 Å². The van der Waals surface area contributed by atoms with Crippen LogP contribution in [0.3, 0.4) is 0 Å². The van der Waals surface area contributed by atoms with Crippen LogP contribution in [0.1, 0.15) is 51.5 Å². The highest BCUT2D eigenvalue weighted by Crippen LogP contribution is 2.16. The van der Waals surface area contributed by atoms with Crippen LogP contribution in [-0.4, -0.2) is 23.9 Å². The summed E-state index contributed by atoms with van der Waals surface area (Å²) in [6.07, 6.45) is 4.73. The average molecular weight is 290 g/mol. The van der Waals surface area contributed by atoms with Gasteiger partial charge >= 0.3 is 0 Å². The second kappa shape index (κ2) is 10.4. The highest BCUT2D eigenvalue weighted by Gasteiger charge is 2.15. The first kappa shape index (κ1) is 17.7. The number of benzene rings is 1. The van der Waals surface area contributed by atoms with Gasteiger partial charge in [0.1, 0.15) is 0 Å². The molecule has 1 aromatic rings. The lowest BCUT2D eigenvalue weighted by atomic mass is 9.96. The fourth-order valence-electron chi connectivity index (χ4n) is 2.64. The van der Waals surface area contributed by atoms with Crippen LogP contribution in [0.2, 0.25) is 0 Å². The van der Waals surface area contributed by atoms with Gasteiger partial charge in [-0.3, -0.25) is 4.79 Å². The number of carbonyl (C=O) groups is 1. The Morgan fingerprint density at radius 1 is 1.19 bits per heavy atom. The zero-order chi connectivity index (χ0) is 15.5. The topological polar surface area (TPSA) is 46.3 Å². The molecule has 0 aromatic heterocycles. The van der Waals surface area contributed by atoms with E-state index < -0.39 is 0 Å². The van der Waals surface area contributed by atoms with Crippen LogP contribution in [0.15, 0.2) is 30.3 Å². The van der Waals surface area contributed by atoms with Gasteiger partial charge in [-0.05, 0) is 37.3 Å². The molecule has 21 heavy (non-hydrogen) atoms. The van der Waals surface area contributed by atoms with Crippen LogP contribution in [0.25, 0.3) is 0 Å². The van der Waals surface area contributed by atoms with Crippen molar-refractivity contribution >= 4 is 5.91 Å². The van der Waals surface area contributed by atoms with E-state index in [0.29, 0.717) is 12.3 Å². The van der Waals surface area contributed by atoms with Crippen LogP contribution >= 0.6 is 0 Å². The third-order valence-electron chi connectivity index (χ3n) is 3.98. The summed E-state index contributed by atoms with van der Waals surface area (Å²) in [6, 6.07) is 10.2. The second-order valence-electron chi connectivity index (χ2n) is 5.69. The molecule has 1 amide bonds. The number of hydrogen-bond donors (Lipinski definition) is 1. The van der Waals surface area contributed by atoms with Gasteiger partial charge < -0.3 is 10.6 Å². The summed E-state index contributed by atoms with van der Waals surface area (Å²) >= 11 is 0. The van der Waals surface area contributed by atoms with Gasteiger partial charge in [-0.2, -0.15) is 0 Å². The van der Waals surface area contributed by atoms with Gasteiger partial charge in [-0.1, -0.05) is 50.6 Å². The van der Waals surface area contributed by atoms with Crippen molar-refractivity contribution in [3.05, 3.63) is 35.9 Å². The molecule has 1 aromatic carbocycles. The molecule has 2 N–H and O–H groups in total. The molecule has 0 radical (unpaired) electrons. The maximum absolute atomic E-state index is 12.5. The smallest absolute Gasteiger partial charge is 0.222 e. The van der Waals surface area contributed by atoms with E-state index in [0.717, 1.165) is 45.3 Å². The number of rotatable bonds is 10. The molecule has 3 heteroatoms. The molecule has 0 bridgehead atoms. The van der Waals surface area contributed by atoms with E-state index in [9.17, 15) is 4.79 Å². The quantitative estimate of drug-likeness (QED) is 0.716. The summed E-state index contributed by atoms with van der Waals surface area (Å²) in [4.78, 5) is 14.4. The van der Waals surface area contributed by atoms with Crippen LogP contribution in [0.4, 0.5) is 0 Å². The third-order valence-corrected chi connectivity index (χ3v) is 3.98. The number of nitrogens with two attached hydrogens (primary N) is 1. The normalized spacial score (nSPS) is 12.1. The van der Waals surface area contributed by atoms with Crippen LogP contribution < -0.4 is 5.73 Å². The van der Waals surface area contributed by atoms with E-state index in [4.69, 9.17) is 5.73 Å². The van der Waals surface area contributed by atoms with E-state index in [1.54, 1.807) is 0 Å². The predicted octanol–water partition coefficient (Wildman–Crippen LogP) is 3.58. The van der Waals surface area contributed by atoms with E-state index in [1.807, 2.05) is 23.1 Å². The van der Waals surface area contributed by atoms with Gasteiger partial charge in [0.2, 0.25) is 5.91 Å². The Labute approximate surface area is 129 Å². The molecule has 0 spiro atoms. The van der Waals surface area contributed by atoms with Gasteiger partial charge in [0.05, 0.1) is 0 Å². The monoisotopic (exact) mass is 290 g/mol. The van der Waals surface area contributed by atoms with Crippen LogP contribution in [0, 0.1) is 5.92 Å². The molecule has 1 atom stereocenters. The van der Waals surface area contributed by atoms with Crippen molar-refractivity contribution in [2.24, 2.45) is 11.7 Å². The molecule has 0 saturated heterocycles. The number of hydrogen-bond acceptors (Lipinski definition) is 2. The molecule has 0 aliphatic rings. The Bertz CT molecular complexity index is 391. The summed E-state index contributed by atoms with van der Waals surface area (Å²) in [6.45, 7) is 6.57. The van der Waals surface area contributed by atoms with Crippen molar-refractivity contribution in [3.8, 4) is 0 Å². The first-order chi connectivity index (χ1) is 10.2. The first-order valence-corrected chi connectivity index (χ1v) is 8.23. The van der Waals surface area contributed by atoms with Crippen molar-refractivity contribution in [1.29, 1.82) is 0 Å². The molecule has 1 unspecified atom stereocenters. The lowest BCUT2D eigenvalue weighted by Gasteiger charge is -2.23. The number of nitrogens with zero attached hydrogens (tertiary/aromatic N) is 1. The van der Waals surface area contributed by atoms with Gasteiger partial charge in [-0.25, -0.2) is 0 Å². The SMILES string of the molecule is CCCN(Cc1ccccc1)C(=O)CCC(CC)CCN. The summed E-state index contributed by atoms with van der Waals surface area (Å²) in [5.74, 6) is 0.857. The summed E-state index contributed by atoms with van der Waals surface area (Å²) in [5.41, 5.74) is 6.83. The van der Waals surface area contributed by atoms with Gasteiger partial charge in [0, 0.05) is 19.5 Å². The Morgan fingerprint density at radius 2 is 1.90 bits per heavy atom. The first-order valence-electron chi connectivity index (χ1n) is 8.23. The standard InChI is InChI=1S/C18H30N2O/c1-3-14-20(15-17-8-6-5-7-9-17)18(21)11-10-16(4-2)12-13-19/h5-9,16H,3-4,10-15,19H2,1-2H3. The molecular formula is C18H30N2O. The Hall–Kier alpha value is -1.35. The highest BCUT2D eigenvalue weighted by molar-refractivity contribution is 5.76. The molecule has 3 nitrogen and oxygen atoms in total. The molecule has 118 valence electrons. The molecular weight excluding hydrogens is 260 g/mol. The fourth-order valence-corrected chi connectivity index (χ4v) is 2.64. The molecule has 0 aliphatic heterocycles. The number of amides is 1. The van der Waals surface area contributed by atoms with Gasteiger partial charge in [-0.15, -0.1) is 0 Å². The van der Waals surface area contributed by atoms with Crippen molar-refractivity contribution in [2.75, 3.05) is 13.1 Å². The van der Waals surface area contributed by atoms with Crippen molar-refractivity contribution in [2.45, 2.75) is 52.5 Å².